The molecule has 96 valence electrons. The van der Waals surface area contributed by atoms with Gasteiger partial charge in [-0.2, -0.15) is 5.10 Å². The third kappa shape index (κ3) is 3.71. The molecular formula is C11H18ClN3O2. The van der Waals surface area contributed by atoms with Gasteiger partial charge in [0, 0.05) is 13.6 Å². The zero-order valence-electron chi connectivity index (χ0n) is 10.7. The Kier molecular flexibility index (Phi) is 4.96. The van der Waals surface area contributed by atoms with E-state index in [4.69, 9.17) is 16.3 Å². The van der Waals surface area contributed by atoms with E-state index in [1.807, 2.05) is 25.9 Å². The average Bonchev–Trinajstić information content (AvgIpc) is 2.45. The summed E-state index contributed by atoms with van der Waals surface area (Å²) in [5.41, 5.74) is 1.70. The zero-order valence-corrected chi connectivity index (χ0v) is 11.4. The first kappa shape index (κ1) is 14.0. The molecule has 0 aromatic carbocycles. The van der Waals surface area contributed by atoms with Crippen molar-refractivity contribution in [2.45, 2.75) is 20.4 Å². The number of hydrogen-bond acceptors (Lipinski definition) is 4. The first-order valence-electron chi connectivity index (χ1n) is 5.47. The van der Waals surface area contributed by atoms with E-state index in [1.54, 1.807) is 11.6 Å². The maximum absolute atomic E-state index is 11.3. The molecule has 1 aromatic heterocycles. The lowest BCUT2D eigenvalue weighted by molar-refractivity contribution is -0.144. The summed E-state index contributed by atoms with van der Waals surface area (Å²) < 4.78 is 6.62. The Labute approximate surface area is 106 Å². The summed E-state index contributed by atoms with van der Waals surface area (Å²) in [7, 11) is 3.68. The van der Waals surface area contributed by atoms with Crippen molar-refractivity contribution in [3.8, 4) is 0 Å². The van der Waals surface area contributed by atoms with Gasteiger partial charge >= 0.3 is 5.97 Å². The van der Waals surface area contributed by atoms with E-state index in [9.17, 15) is 4.79 Å². The van der Waals surface area contributed by atoms with Crippen molar-refractivity contribution in [1.82, 2.24) is 14.7 Å². The number of nitrogens with zero attached hydrogens (tertiary/aromatic N) is 3. The summed E-state index contributed by atoms with van der Waals surface area (Å²) in [6.07, 6.45) is 0. The van der Waals surface area contributed by atoms with Crippen LogP contribution in [0.5, 0.6) is 0 Å². The molecule has 1 aromatic rings. The Morgan fingerprint density at radius 3 is 2.71 bits per heavy atom. The number of carbonyl (C=O) groups excluding carboxylic acids is 1. The molecule has 0 saturated carbocycles. The summed E-state index contributed by atoms with van der Waals surface area (Å²) in [5.74, 6) is -0.231. The van der Waals surface area contributed by atoms with Gasteiger partial charge in [0.25, 0.3) is 0 Å². The number of esters is 1. The summed E-state index contributed by atoms with van der Waals surface area (Å²) >= 11 is 6.13. The van der Waals surface area contributed by atoms with Gasteiger partial charge in [0.15, 0.2) is 0 Å². The van der Waals surface area contributed by atoms with Crippen LogP contribution < -0.4 is 0 Å². The Bertz CT molecular complexity index is 404. The highest BCUT2D eigenvalue weighted by Crippen LogP contribution is 2.20. The van der Waals surface area contributed by atoms with Crippen molar-refractivity contribution in [3.05, 3.63) is 16.4 Å². The molecule has 0 bridgehead atoms. The third-order valence-electron chi connectivity index (χ3n) is 2.39. The van der Waals surface area contributed by atoms with Gasteiger partial charge in [-0.25, -0.2) is 0 Å². The zero-order chi connectivity index (χ0) is 13.0. The van der Waals surface area contributed by atoms with Crippen LogP contribution in [0, 0.1) is 6.92 Å². The highest BCUT2D eigenvalue weighted by atomic mass is 35.5. The van der Waals surface area contributed by atoms with Crippen LogP contribution in [-0.4, -0.2) is 40.8 Å². The lowest BCUT2D eigenvalue weighted by atomic mass is 10.3. The van der Waals surface area contributed by atoms with Crippen LogP contribution in [0.1, 0.15) is 18.3 Å². The van der Waals surface area contributed by atoms with E-state index >= 15 is 0 Å². The average molecular weight is 260 g/mol. The molecule has 0 N–H and O–H groups in total. The summed E-state index contributed by atoms with van der Waals surface area (Å²) in [4.78, 5) is 13.1. The number of likely N-dealkylation sites (N-methyl/N-ethyl adjacent to an activating group) is 1. The quantitative estimate of drug-likeness (QED) is 0.750. The van der Waals surface area contributed by atoms with Gasteiger partial charge in [-0.3, -0.25) is 14.4 Å². The Morgan fingerprint density at radius 2 is 2.24 bits per heavy atom. The molecule has 0 aliphatic heterocycles. The normalized spacial score (nSPS) is 10.9. The Morgan fingerprint density at radius 1 is 1.59 bits per heavy atom. The molecule has 5 nitrogen and oxygen atoms in total. The smallest absolute Gasteiger partial charge is 0.320 e. The van der Waals surface area contributed by atoms with E-state index in [0.29, 0.717) is 18.2 Å². The molecule has 1 heterocycles. The van der Waals surface area contributed by atoms with Crippen molar-refractivity contribution in [1.29, 1.82) is 0 Å². The summed E-state index contributed by atoms with van der Waals surface area (Å²) in [6.45, 7) is 4.86. The van der Waals surface area contributed by atoms with E-state index < -0.39 is 0 Å². The first-order chi connectivity index (χ1) is 7.95. The second-order valence-electron chi connectivity index (χ2n) is 3.95. The van der Waals surface area contributed by atoms with Gasteiger partial charge in [-0.1, -0.05) is 11.6 Å². The molecule has 0 radical (unpaired) electrons. The Hall–Kier alpha value is -1.07. The fourth-order valence-electron chi connectivity index (χ4n) is 1.59. The second kappa shape index (κ2) is 6.02. The van der Waals surface area contributed by atoms with Gasteiger partial charge < -0.3 is 4.74 Å². The lowest BCUT2D eigenvalue weighted by Crippen LogP contribution is -2.28. The molecule has 0 saturated heterocycles. The summed E-state index contributed by atoms with van der Waals surface area (Å²) in [6, 6.07) is 0. The minimum atomic E-state index is -0.231. The molecule has 0 aliphatic carbocycles. The minimum absolute atomic E-state index is 0.231. The van der Waals surface area contributed by atoms with E-state index in [2.05, 4.69) is 5.10 Å². The molecule has 0 fully saturated rings. The van der Waals surface area contributed by atoms with Crippen LogP contribution in [0.25, 0.3) is 0 Å². The number of halogens is 1. The SMILES string of the molecule is CCOC(=O)CN(C)Cc1c(Cl)c(C)nn1C. The minimum Gasteiger partial charge on any atom is -0.465 e. The maximum atomic E-state index is 11.3. The van der Waals surface area contributed by atoms with Crippen LogP contribution in [0.15, 0.2) is 0 Å². The van der Waals surface area contributed by atoms with Gasteiger partial charge in [0.05, 0.1) is 29.6 Å². The molecule has 0 spiro atoms. The van der Waals surface area contributed by atoms with Gasteiger partial charge in [-0.05, 0) is 20.9 Å². The predicted octanol–water partition coefficient (Wildman–Crippen LogP) is 1.38. The summed E-state index contributed by atoms with van der Waals surface area (Å²) in [5, 5.41) is 4.88. The van der Waals surface area contributed by atoms with Crippen molar-refractivity contribution in [3.63, 3.8) is 0 Å². The van der Waals surface area contributed by atoms with Crippen molar-refractivity contribution in [2.75, 3.05) is 20.2 Å². The van der Waals surface area contributed by atoms with Crippen LogP contribution >= 0.6 is 11.6 Å². The van der Waals surface area contributed by atoms with E-state index in [-0.39, 0.29) is 12.5 Å². The Balaban J connectivity index is 2.62. The molecule has 0 atom stereocenters. The first-order valence-corrected chi connectivity index (χ1v) is 5.85. The van der Waals surface area contributed by atoms with Gasteiger partial charge in [0.2, 0.25) is 0 Å². The molecule has 0 unspecified atom stereocenters. The van der Waals surface area contributed by atoms with Gasteiger partial charge in [0.1, 0.15) is 0 Å². The molecular weight excluding hydrogens is 242 g/mol. The molecule has 17 heavy (non-hydrogen) atoms. The van der Waals surface area contributed by atoms with Crippen LogP contribution in [-0.2, 0) is 23.1 Å². The second-order valence-corrected chi connectivity index (χ2v) is 4.32. The topological polar surface area (TPSA) is 47.4 Å². The predicted molar refractivity (Wildman–Crippen MR) is 65.9 cm³/mol. The third-order valence-corrected chi connectivity index (χ3v) is 2.88. The molecule has 0 aliphatic rings. The number of carbonyl (C=O) groups is 1. The van der Waals surface area contributed by atoms with E-state index in [0.717, 1.165) is 11.4 Å². The van der Waals surface area contributed by atoms with Crippen molar-refractivity contribution < 1.29 is 9.53 Å². The fraction of sp³-hybridized carbons (Fsp3) is 0.636. The number of aromatic nitrogens is 2. The number of rotatable bonds is 5. The monoisotopic (exact) mass is 259 g/mol. The molecule has 0 amide bonds. The number of hydrogen-bond donors (Lipinski definition) is 0. The molecule has 1 rings (SSSR count). The maximum Gasteiger partial charge on any atom is 0.320 e. The highest BCUT2D eigenvalue weighted by Gasteiger charge is 2.14. The van der Waals surface area contributed by atoms with Crippen LogP contribution in [0.3, 0.4) is 0 Å². The van der Waals surface area contributed by atoms with Crippen LogP contribution in [0.2, 0.25) is 5.02 Å². The van der Waals surface area contributed by atoms with E-state index in [1.165, 1.54) is 0 Å². The highest BCUT2D eigenvalue weighted by molar-refractivity contribution is 6.31. The van der Waals surface area contributed by atoms with Crippen molar-refractivity contribution in [2.24, 2.45) is 7.05 Å². The largest absolute Gasteiger partial charge is 0.465 e. The van der Waals surface area contributed by atoms with Gasteiger partial charge in [-0.15, -0.1) is 0 Å². The van der Waals surface area contributed by atoms with Crippen LogP contribution in [0.4, 0.5) is 0 Å². The molecule has 6 heteroatoms. The fourth-order valence-corrected chi connectivity index (χ4v) is 1.81. The standard InChI is InChI=1S/C11H18ClN3O2/c1-5-17-10(16)7-14(3)6-9-11(12)8(2)13-15(9)4/h5-7H2,1-4H3. The lowest BCUT2D eigenvalue weighted by Gasteiger charge is -2.15. The number of aryl methyl sites for hydroxylation is 2. The van der Waals surface area contributed by atoms with Crippen molar-refractivity contribution >= 4 is 17.6 Å². The number of ether oxygens (including phenoxy) is 1.